The Morgan fingerprint density at radius 3 is 2.46 bits per heavy atom. The molecule has 1 atom stereocenters. The number of ether oxygens (including phenoxy) is 4. The molecule has 7 nitrogen and oxygen atoms in total. The van der Waals surface area contributed by atoms with Crippen molar-refractivity contribution in [2.24, 2.45) is 0 Å². The van der Waals surface area contributed by atoms with Crippen LogP contribution in [-0.4, -0.2) is 50.3 Å². The lowest BCUT2D eigenvalue weighted by atomic mass is 10.3. The smallest absolute Gasteiger partial charge is 0.343 e. The molecule has 8 heteroatoms. The maximum absolute atomic E-state index is 11.0. The SMILES string of the molecule is COC(=O)COc1ccc(OCCNC(C)(O)COc2cccs2)cc1. The van der Waals surface area contributed by atoms with Crippen LogP contribution in [0.1, 0.15) is 6.92 Å². The van der Waals surface area contributed by atoms with Crippen molar-refractivity contribution in [3.05, 3.63) is 41.8 Å². The molecule has 1 unspecified atom stereocenters. The zero-order chi connectivity index (χ0) is 18.8. The highest BCUT2D eigenvalue weighted by Crippen LogP contribution is 2.19. The lowest BCUT2D eigenvalue weighted by Crippen LogP contribution is -2.48. The van der Waals surface area contributed by atoms with Gasteiger partial charge in [0.2, 0.25) is 0 Å². The van der Waals surface area contributed by atoms with Crippen molar-refractivity contribution in [3.8, 4) is 16.6 Å². The van der Waals surface area contributed by atoms with Gasteiger partial charge < -0.3 is 24.1 Å². The van der Waals surface area contributed by atoms with Crippen LogP contribution in [0, 0.1) is 0 Å². The number of aliphatic hydroxyl groups is 1. The van der Waals surface area contributed by atoms with Crippen molar-refractivity contribution in [3.63, 3.8) is 0 Å². The topological polar surface area (TPSA) is 86.3 Å². The van der Waals surface area contributed by atoms with Crippen LogP contribution < -0.4 is 19.5 Å². The molecule has 1 heterocycles. The molecule has 0 spiro atoms. The van der Waals surface area contributed by atoms with Crippen LogP contribution >= 0.6 is 11.3 Å². The summed E-state index contributed by atoms with van der Waals surface area (Å²) in [6.07, 6.45) is 0. The third-order valence-corrected chi connectivity index (χ3v) is 4.05. The van der Waals surface area contributed by atoms with E-state index in [-0.39, 0.29) is 13.2 Å². The fourth-order valence-corrected chi connectivity index (χ4v) is 2.51. The van der Waals surface area contributed by atoms with Gasteiger partial charge in [0.25, 0.3) is 0 Å². The maximum Gasteiger partial charge on any atom is 0.343 e. The number of carbonyl (C=O) groups is 1. The van der Waals surface area contributed by atoms with E-state index in [1.807, 2.05) is 17.5 Å². The molecule has 2 N–H and O–H groups in total. The van der Waals surface area contributed by atoms with Crippen molar-refractivity contribution < 1.29 is 28.8 Å². The predicted molar refractivity (Wildman–Crippen MR) is 97.9 cm³/mol. The van der Waals surface area contributed by atoms with E-state index in [0.29, 0.717) is 24.7 Å². The van der Waals surface area contributed by atoms with Gasteiger partial charge in [-0.25, -0.2) is 4.79 Å². The average Bonchev–Trinajstić information content (AvgIpc) is 3.16. The number of methoxy groups -OCH3 is 1. The van der Waals surface area contributed by atoms with E-state index in [4.69, 9.17) is 14.2 Å². The summed E-state index contributed by atoms with van der Waals surface area (Å²) in [6.45, 7) is 2.47. The van der Waals surface area contributed by atoms with Gasteiger partial charge in [-0.15, -0.1) is 11.3 Å². The van der Waals surface area contributed by atoms with Gasteiger partial charge >= 0.3 is 5.97 Å². The van der Waals surface area contributed by atoms with Crippen molar-refractivity contribution in [1.29, 1.82) is 0 Å². The molecule has 0 aliphatic rings. The van der Waals surface area contributed by atoms with Crippen LogP contribution in [0.2, 0.25) is 0 Å². The van der Waals surface area contributed by atoms with Gasteiger partial charge in [-0.05, 0) is 48.7 Å². The molecule has 26 heavy (non-hydrogen) atoms. The van der Waals surface area contributed by atoms with E-state index >= 15 is 0 Å². The maximum atomic E-state index is 11.0. The van der Waals surface area contributed by atoms with Gasteiger partial charge in [-0.1, -0.05) is 0 Å². The molecule has 0 aliphatic carbocycles. The minimum atomic E-state index is -1.15. The summed E-state index contributed by atoms with van der Waals surface area (Å²) in [7, 11) is 1.31. The van der Waals surface area contributed by atoms with Crippen LogP contribution in [0.3, 0.4) is 0 Å². The molecule has 2 aromatic rings. The van der Waals surface area contributed by atoms with Crippen molar-refractivity contribution in [2.45, 2.75) is 12.6 Å². The minimum absolute atomic E-state index is 0.136. The molecule has 142 valence electrons. The van der Waals surface area contributed by atoms with Crippen molar-refractivity contribution >= 4 is 17.3 Å². The van der Waals surface area contributed by atoms with E-state index in [0.717, 1.165) is 5.06 Å². The molecule has 1 aromatic carbocycles. The van der Waals surface area contributed by atoms with Gasteiger partial charge in [0.05, 0.1) is 7.11 Å². The second-order valence-electron chi connectivity index (χ2n) is 5.61. The first-order chi connectivity index (χ1) is 12.5. The molecule has 0 radical (unpaired) electrons. The quantitative estimate of drug-likeness (QED) is 0.350. The average molecular weight is 381 g/mol. The van der Waals surface area contributed by atoms with E-state index in [1.54, 1.807) is 31.2 Å². The number of benzene rings is 1. The van der Waals surface area contributed by atoms with E-state index in [9.17, 15) is 9.90 Å². The van der Waals surface area contributed by atoms with Crippen LogP contribution in [-0.2, 0) is 9.53 Å². The van der Waals surface area contributed by atoms with Gasteiger partial charge in [0.1, 0.15) is 30.4 Å². The molecular weight excluding hydrogens is 358 g/mol. The molecule has 2 rings (SSSR count). The number of hydrogen-bond donors (Lipinski definition) is 2. The Morgan fingerprint density at radius 1 is 1.15 bits per heavy atom. The van der Waals surface area contributed by atoms with Crippen LogP contribution in [0.15, 0.2) is 41.8 Å². The number of rotatable bonds is 11. The van der Waals surface area contributed by atoms with E-state index in [2.05, 4.69) is 10.1 Å². The molecule has 0 fully saturated rings. The van der Waals surface area contributed by atoms with Gasteiger partial charge in [-0.2, -0.15) is 0 Å². The highest BCUT2D eigenvalue weighted by Gasteiger charge is 2.20. The Balaban J connectivity index is 1.64. The van der Waals surface area contributed by atoms with Gasteiger partial charge in [0, 0.05) is 6.54 Å². The predicted octanol–water partition coefficient (Wildman–Crippen LogP) is 2.06. The van der Waals surface area contributed by atoms with E-state index in [1.165, 1.54) is 18.4 Å². The first-order valence-corrected chi connectivity index (χ1v) is 8.93. The lowest BCUT2D eigenvalue weighted by Gasteiger charge is -2.24. The Hall–Kier alpha value is -2.29. The third-order valence-electron chi connectivity index (χ3n) is 3.28. The second kappa shape index (κ2) is 10.0. The number of carbonyl (C=O) groups excluding carboxylic acids is 1. The number of nitrogens with one attached hydrogen (secondary N) is 1. The zero-order valence-electron chi connectivity index (χ0n) is 14.8. The lowest BCUT2D eigenvalue weighted by molar-refractivity contribution is -0.142. The molecule has 0 saturated carbocycles. The highest BCUT2D eigenvalue weighted by atomic mass is 32.1. The molecular formula is C18H23NO6S. The standard InChI is InChI=1S/C18H23NO6S/c1-18(21,13-25-17-4-3-11-26-17)19-9-10-23-14-5-7-15(8-6-14)24-12-16(20)22-2/h3-8,11,19,21H,9-10,12-13H2,1-2H3. The van der Waals surface area contributed by atoms with Crippen LogP contribution in [0.4, 0.5) is 0 Å². The summed E-state index contributed by atoms with van der Waals surface area (Å²) in [5, 5.41) is 15.9. The van der Waals surface area contributed by atoms with Crippen molar-refractivity contribution in [2.75, 3.05) is 33.5 Å². The summed E-state index contributed by atoms with van der Waals surface area (Å²) < 4.78 is 20.9. The summed E-state index contributed by atoms with van der Waals surface area (Å²) >= 11 is 1.47. The van der Waals surface area contributed by atoms with Gasteiger partial charge in [-0.3, -0.25) is 5.32 Å². The number of esters is 1. The zero-order valence-corrected chi connectivity index (χ0v) is 15.6. The highest BCUT2D eigenvalue weighted by molar-refractivity contribution is 7.11. The van der Waals surface area contributed by atoms with Crippen LogP contribution in [0.5, 0.6) is 16.6 Å². The largest absolute Gasteiger partial charge is 0.492 e. The molecule has 0 amide bonds. The Morgan fingerprint density at radius 2 is 1.85 bits per heavy atom. The third kappa shape index (κ3) is 7.30. The molecule has 0 saturated heterocycles. The fourth-order valence-electron chi connectivity index (χ4n) is 1.93. The number of hydrogen-bond acceptors (Lipinski definition) is 8. The fraction of sp³-hybridized carbons (Fsp3) is 0.389. The minimum Gasteiger partial charge on any atom is -0.492 e. The van der Waals surface area contributed by atoms with E-state index < -0.39 is 11.7 Å². The van der Waals surface area contributed by atoms with Gasteiger partial charge in [0.15, 0.2) is 11.7 Å². The summed E-state index contributed by atoms with van der Waals surface area (Å²) in [4.78, 5) is 11.0. The Labute approximate surface area is 156 Å². The molecule has 0 bridgehead atoms. The van der Waals surface area contributed by atoms with Crippen LogP contribution in [0.25, 0.3) is 0 Å². The first kappa shape index (κ1) is 20.0. The number of thiophene rings is 1. The normalized spacial score (nSPS) is 12.9. The molecule has 0 aliphatic heterocycles. The molecule has 1 aromatic heterocycles. The Bertz CT molecular complexity index is 657. The first-order valence-electron chi connectivity index (χ1n) is 8.05. The Kier molecular flexibility index (Phi) is 7.71. The second-order valence-corrected chi connectivity index (χ2v) is 6.52. The summed E-state index contributed by atoms with van der Waals surface area (Å²) in [5.41, 5.74) is -1.15. The summed E-state index contributed by atoms with van der Waals surface area (Å²) in [6, 6.07) is 10.6. The van der Waals surface area contributed by atoms with Crippen molar-refractivity contribution in [1.82, 2.24) is 5.32 Å². The monoisotopic (exact) mass is 381 g/mol. The summed E-state index contributed by atoms with van der Waals surface area (Å²) in [5.74, 6) is 0.771.